The Labute approximate surface area is 107 Å². The van der Waals surface area contributed by atoms with E-state index in [0.717, 1.165) is 29.4 Å². The largest absolute Gasteiger partial charge is 0.478 e. The van der Waals surface area contributed by atoms with Crippen molar-refractivity contribution in [3.8, 4) is 0 Å². The van der Waals surface area contributed by atoms with Crippen LogP contribution in [0, 0.1) is 6.92 Å². The van der Waals surface area contributed by atoms with Crippen molar-refractivity contribution in [1.82, 2.24) is 0 Å². The first-order valence-corrected chi connectivity index (χ1v) is 5.76. The average Bonchev–Trinajstić information content (AvgIpc) is 2.34. The topological polar surface area (TPSA) is 49.8 Å². The number of ether oxygens (including phenoxy) is 1. The Hall–Kier alpha value is -1.81. The van der Waals surface area contributed by atoms with Gasteiger partial charge in [0.2, 0.25) is 0 Å². The zero-order valence-electron chi connectivity index (χ0n) is 11.0. The van der Waals surface area contributed by atoms with Gasteiger partial charge in [-0.15, -0.1) is 0 Å². The summed E-state index contributed by atoms with van der Waals surface area (Å²) in [7, 11) is 3.68. The molecule has 0 saturated heterocycles. The number of hydrogen-bond acceptors (Lipinski definition) is 3. The lowest BCUT2D eigenvalue weighted by Crippen LogP contribution is -2.22. The first kappa shape index (κ1) is 14.3. The van der Waals surface area contributed by atoms with E-state index in [1.54, 1.807) is 13.2 Å². The first-order chi connectivity index (χ1) is 8.54. The van der Waals surface area contributed by atoms with E-state index in [1.807, 2.05) is 32.2 Å². The van der Waals surface area contributed by atoms with Gasteiger partial charge in [-0.3, -0.25) is 0 Å². The predicted octanol–water partition coefficient (Wildman–Crippen LogP) is 2.18. The number of anilines is 1. The summed E-state index contributed by atoms with van der Waals surface area (Å²) in [6.07, 6.45) is 2.76. The molecule has 0 aliphatic carbocycles. The number of carboxylic acid groups (broad SMARTS) is 1. The Morgan fingerprint density at radius 3 is 2.78 bits per heavy atom. The summed E-state index contributed by atoms with van der Waals surface area (Å²) < 4.78 is 5.03. The van der Waals surface area contributed by atoms with Crippen LogP contribution in [0.2, 0.25) is 0 Å². The van der Waals surface area contributed by atoms with Crippen molar-refractivity contribution in [2.45, 2.75) is 6.92 Å². The Morgan fingerprint density at radius 2 is 2.22 bits per heavy atom. The number of methoxy groups -OCH3 is 1. The highest BCUT2D eigenvalue weighted by Gasteiger charge is 2.03. The number of carboxylic acids is 1. The Bertz CT molecular complexity index is 441. The monoisotopic (exact) mass is 249 g/mol. The Morgan fingerprint density at radius 1 is 1.50 bits per heavy atom. The van der Waals surface area contributed by atoms with Gasteiger partial charge in [0.25, 0.3) is 0 Å². The molecule has 0 unspecified atom stereocenters. The molecule has 0 bridgehead atoms. The Kier molecular flexibility index (Phi) is 5.39. The lowest BCUT2D eigenvalue weighted by atomic mass is 10.1. The Balaban J connectivity index is 2.81. The van der Waals surface area contributed by atoms with Gasteiger partial charge in [0.15, 0.2) is 0 Å². The van der Waals surface area contributed by atoms with Crippen molar-refractivity contribution in [3.05, 3.63) is 35.4 Å². The van der Waals surface area contributed by atoms with Gasteiger partial charge in [0, 0.05) is 32.5 Å². The highest BCUT2D eigenvalue weighted by Crippen LogP contribution is 2.19. The second-order valence-electron chi connectivity index (χ2n) is 4.13. The quantitative estimate of drug-likeness (QED) is 0.785. The minimum atomic E-state index is -0.935. The van der Waals surface area contributed by atoms with Crippen molar-refractivity contribution in [2.75, 3.05) is 32.2 Å². The van der Waals surface area contributed by atoms with E-state index in [0.29, 0.717) is 6.61 Å². The summed E-state index contributed by atoms with van der Waals surface area (Å²) in [4.78, 5) is 12.6. The van der Waals surface area contributed by atoms with E-state index in [4.69, 9.17) is 9.84 Å². The van der Waals surface area contributed by atoms with E-state index in [2.05, 4.69) is 4.90 Å². The predicted molar refractivity (Wildman–Crippen MR) is 73.0 cm³/mol. The van der Waals surface area contributed by atoms with Crippen LogP contribution in [0.5, 0.6) is 0 Å². The molecule has 4 nitrogen and oxygen atoms in total. The zero-order valence-corrected chi connectivity index (χ0v) is 11.0. The summed E-state index contributed by atoms with van der Waals surface area (Å²) in [6.45, 7) is 3.46. The second kappa shape index (κ2) is 6.81. The number of hydrogen-bond donors (Lipinski definition) is 1. The molecule has 98 valence electrons. The van der Waals surface area contributed by atoms with Crippen molar-refractivity contribution in [1.29, 1.82) is 0 Å². The van der Waals surface area contributed by atoms with Gasteiger partial charge < -0.3 is 14.7 Å². The van der Waals surface area contributed by atoms with Gasteiger partial charge in [0.1, 0.15) is 0 Å². The first-order valence-electron chi connectivity index (χ1n) is 5.76. The molecule has 0 amide bonds. The molecule has 18 heavy (non-hydrogen) atoms. The van der Waals surface area contributed by atoms with Crippen molar-refractivity contribution < 1.29 is 14.6 Å². The minimum absolute atomic E-state index is 0.677. The smallest absolute Gasteiger partial charge is 0.328 e. The maximum absolute atomic E-state index is 10.5. The summed E-state index contributed by atoms with van der Waals surface area (Å²) in [5.74, 6) is -0.935. The van der Waals surface area contributed by atoms with Crippen LogP contribution in [-0.4, -0.2) is 38.4 Å². The van der Waals surface area contributed by atoms with Gasteiger partial charge in [-0.2, -0.15) is 0 Å². The molecular formula is C14H19NO3. The number of aryl methyl sites for hydroxylation is 1. The van der Waals surface area contributed by atoms with E-state index in [1.165, 1.54) is 0 Å². The molecule has 0 radical (unpaired) electrons. The average molecular weight is 249 g/mol. The van der Waals surface area contributed by atoms with Crippen molar-refractivity contribution >= 4 is 17.7 Å². The fraction of sp³-hybridized carbons (Fsp3) is 0.357. The van der Waals surface area contributed by atoms with E-state index in [-0.39, 0.29) is 0 Å². The normalized spacial score (nSPS) is 10.8. The maximum atomic E-state index is 10.5. The minimum Gasteiger partial charge on any atom is -0.478 e. The van der Waals surface area contributed by atoms with Gasteiger partial charge in [-0.05, 0) is 36.3 Å². The van der Waals surface area contributed by atoms with E-state index >= 15 is 0 Å². The lowest BCUT2D eigenvalue weighted by molar-refractivity contribution is -0.131. The SMILES string of the molecule is COCCN(C)c1ccc(C=CC(=O)O)c(C)c1. The van der Waals surface area contributed by atoms with Crippen LogP contribution in [0.15, 0.2) is 24.3 Å². The maximum Gasteiger partial charge on any atom is 0.328 e. The fourth-order valence-corrected chi connectivity index (χ4v) is 1.60. The molecule has 0 aromatic heterocycles. The molecule has 0 spiro atoms. The number of aliphatic carboxylic acids is 1. The van der Waals surface area contributed by atoms with Gasteiger partial charge in [-0.1, -0.05) is 6.07 Å². The molecule has 1 rings (SSSR count). The molecule has 4 heteroatoms. The van der Waals surface area contributed by atoms with E-state index < -0.39 is 5.97 Å². The molecule has 1 N–H and O–H groups in total. The molecule has 1 aromatic carbocycles. The van der Waals surface area contributed by atoms with Gasteiger partial charge in [0.05, 0.1) is 6.61 Å². The van der Waals surface area contributed by atoms with Crippen LogP contribution in [0.25, 0.3) is 6.08 Å². The van der Waals surface area contributed by atoms with E-state index in [9.17, 15) is 4.79 Å². The van der Waals surface area contributed by atoms with Crippen LogP contribution in [-0.2, 0) is 9.53 Å². The number of carbonyl (C=O) groups is 1. The van der Waals surface area contributed by atoms with Gasteiger partial charge in [-0.25, -0.2) is 4.79 Å². The standard InChI is InChI=1S/C14H19NO3/c1-11-10-13(15(2)8-9-18-3)6-4-12(11)5-7-14(16)17/h4-7,10H,8-9H2,1-3H3,(H,16,17). The summed E-state index contributed by atoms with van der Waals surface area (Å²) in [6, 6.07) is 5.94. The third-order valence-electron chi connectivity index (χ3n) is 2.73. The molecular weight excluding hydrogens is 230 g/mol. The molecule has 0 saturated carbocycles. The number of rotatable bonds is 6. The molecule has 0 aliphatic rings. The highest BCUT2D eigenvalue weighted by molar-refractivity contribution is 5.85. The lowest BCUT2D eigenvalue weighted by Gasteiger charge is -2.19. The fourth-order valence-electron chi connectivity index (χ4n) is 1.60. The second-order valence-corrected chi connectivity index (χ2v) is 4.13. The van der Waals surface area contributed by atoms with Crippen molar-refractivity contribution in [2.24, 2.45) is 0 Å². The van der Waals surface area contributed by atoms with Gasteiger partial charge >= 0.3 is 5.97 Å². The van der Waals surface area contributed by atoms with Crippen LogP contribution in [0.4, 0.5) is 5.69 Å². The summed E-state index contributed by atoms with van der Waals surface area (Å²) in [5.41, 5.74) is 3.06. The molecule has 0 aliphatic heterocycles. The third-order valence-corrected chi connectivity index (χ3v) is 2.73. The third kappa shape index (κ3) is 4.22. The number of likely N-dealkylation sites (N-methyl/N-ethyl adjacent to an activating group) is 1. The highest BCUT2D eigenvalue weighted by atomic mass is 16.5. The molecule has 0 heterocycles. The molecule has 0 atom stereocenters. The van der Waals surface area contributed by atoms with Crippen LogP contribution in [0.1, 0.15) is 11.1 Å². The number of nitrogens with zero attached hydrogens (tertiary/aromatic N) is 1. The zero-order chi connectivity index (χ0) is 13.5. The summed E-state index contributed by atoms with van der Waals surface area (Å²) >= 11 is 0. The van der Waals surface area contributed by atoms with Crippen LogP contribution >= 0.6 is 0 Å². The summed E-state index contributed by atoms with van der Waals surface area (Å²) in [5, 5.41) is 8.60. The van der Waals surface area contributed by atoms with Crippen molar-refractivity contribution in [3.63, 3.8) is 0 Å². The van der Waals surface area contributed by atoms with Crippen LogP contribution < -0.4 is 4.90 Å². The van der Waals surface area contributed by atoms with Crippen LogP contribution in [0.3, 0.4) is 0 Å². The molecule has 1 aromatic rings. The molecule has 0 fully saturated rings. The number of benzene rings is 1.